The highest BCUT2D eigenvalue weighted by Gasteiger charge is 2.17. The van der Waals surface area contributed by atoms with Gasteiger partial charge in [0.25, 0.3) is 0 Å². The van der Waals surface area contributed by atoms with Crippen molar-refractivity contribution in [1.29, 1.82) is 0 Å². The van der Waals surface area contributed by atoms with Crippen LogP contribution in [0.5, 0.6) is 0 Å². The second kappa shape index (κ2) is 5.15. The van der Waals surface area contributed by atoms with Crippen LogP contribution in [-0.4, -0.2) is 36.5 Å². The number of carbonyl (C=O) groups excluding carboxylic acids is 1. The summed E-state index contributed by atoms with van der Waals surface area (Å²) in [6.07, 6.45) is 6.07. The molecule has 1 aliphatic rings. The molecule has 0 spiro atoms. The van der Waals surface area contributed by atoms with E-state index in [4.69, 9.17) is 0 Å². The number of likely N-dealkylation sites (tertiary alicyclic amines) is 1. The molecule has 1 rings (SSSR count). The molecule has 1 N–H and O–H groups in total. The Morgan fingerprint density at radius 2 is 2.29 bits per heavy atom. The van der Waals surface area contributed by atoms with Crippen molar-refractivity contribution in [2.75, 3.05) is 13.6 Å². The van der Waals surface area contributed by atoms with E-state index in [0.717, 1.165) is 6.54 Å². The summed E-state index contributed by atoms with van der Waals surface area (Å²) >= 11 is 0. The first kappa shape index (κ1) is 11.2. The summed E-state index contributed by atoms with van der Waals surface area (Å²) in [4.78, 5) is 13.6. The molecule has 1 heterocycles. The van der Waals surface area contributed by atoms with E-state index in [1.165, 1.54) is 12.8 Å². The number of nitrogens with zero attached hydrogens (tertiary/aromatic N) is 1. The standard InChI is InChI=1S/C11H20N2O/c1-9(2)12-11(14)7-6-10-5-4-8-13(10)3/h6-7,9-10H,4-5,8H2,1-3H3,(H,12,14)/b7-6+. The van der Waals surface area contributed by atoms with E-state index in [2.05, 4.69) is 17.3 Å². The van der Waals surface area contributed by atoms with Gasteiger partial charge in [-0.15, -0.1) is 0 Å². The van der Waals surface area contributed by atoms with Crippen molar-refractivity contribution in [3.8, 4) is 0 Å². The van der Waals surface area contributed by atoms with Gasteiger partial charge in [0, 0.05) is 18.2 Å². The fraction of sp³-hybridized carbons (Fsp3) is 0.727. The van der Waals surface area contributed by atoms with Crippen molar-refractivity contribution in [3.05, 3.63) is 12.2 Å². The van der Waals surface area contributed by atoms with Gasteiger partial charge < -0.3 is 5.32 Å². The largest absolute Gasteiger partial charge is 0.350 e. The lowest BCUT2D eigenvalue weighted by molar-refractivity contribution is -0.117. The molecule has 3 nitrogen and oxygen atoms in total. The molecule has 80 valence electrons. The molecule has 0 aromatic carbocycles. The third-order valence-electron chi connectivity index (χ3n) is 2.48. The van der Waals surface area contributed by atoms with E-state index in [0.29, 0.717) is 6.04 Å². The predicted octanol–water partition coefficient (Wildman–Crippen LogP) is 1.16. The molecule has 1 amide bonds. The van der Waals surface area contributed by atoms with Crippen LogP contribution >= 0.6 is 0 Å². The van der Waals surface area contributed by atoms with Gasteiger partial charge in [0.2, 0.25) is 5.91 Å². The molecule has 1 atom stereocenters. The Bertz CT molecular complexity index is 223. The van der Waals surface area contributed by atoms with Crippen LogP contribution < -0.4 is 5.32 Å². The smallest absolute Gasteiger partial charge is 0.243 e. The maximum Gasteiger partial charge on any atom is 0.243 e. The highest BCUT2D eigenvalue weighted by molar-refractivity contribution is 5.87. The number of rotatable bonds is 3. The van der Waals surface area contributed by atoms with Gasteiger partial charge in [-0.2, -0.15) is 0 Å². The molecule has 1 fully saturated rings. The van der Waals surface area contributed by atoms with Crippen LogP contribution in [0.25, 0.3) is 0 Å². The van der Waals surface area contributed by atoms with Crippen LogP contribution in [0.2, 0.25) is 0 Å². The number of likely N-dealkylation sites (N-methyl/N-ethyl adjacent to an activating group) is 1. The molecule has 0 saturated carbocycles. The first-order valence-corrected chi connectivity index (χ1v) is 5.28. The Balaban J connectivity index is 2.35. The summed E-state index contributed by atoms with van der Waals surface area (Å²) in [5.74, 6) is 0.0142. The lowest BCUT2D eigenvalue weighted by Gasteiger charge is -2.14. The Labute approximate surface area is 86.2 Å². The fourth-order valence-electron chi connectivity index (χ4n) is 1.71. The number of carbonyl (C=O) groups is 1. The van der Waals surface area contributed by atoms with Crippen LogP contribution in [0.1, 0.15) is 26.7 Å². The van der Waals surface area contributed by atoms with Gasteiger partial charge in [-0.05, 0) is 40.3 Å². The van der Waals surface area contributed by atoms with E-state index in [1.807, 2.05) is 19.9 Å². The van der Waals surface area contributed by atoms with Gasteiger partial charge in [0.05, 0.1) is 0 Å². The molecule has 1 saturated heterocycles. The van der Waals surface area contributed by atoms with Crippen LogP contribution in [0, 0.1) is 0 Å². The first-order chi connectivity index (χ1) is 6.59. The molecule has 0 aromatic heterocycles. The number of amides is 1. The van der Waals surface area contributed by atoms with Crippen molar-refractivity contribution in [2.45, 2.75) is 38.8 Å². The van der Waals surface area contributed by atoms with Crippen molar-refractivity contribution >= 4 is 5.91 Å². The van der Waals surface area contributed by atoms with E-state index in [-0.39, 0.29) is 11.9 Å². The second-order valence-electron chi connectivity index (χ2n) is 4.21. The monoisotopic (exact) mass is 196 g/mol. The molecule has 0 bridgehead atoms. The predicted molar refractivity (Wildman–Crippen MR) is 58.1 cm³/mol. The van der Waals surface area contributed by atoms with Crippen LogP contribution in [-0.2, 0) is 4.79 Å². The normalized spacial score (nSPS) is 23.6. The van der Waals surface area contributed by atoms with Crippen molar-refractivity contribution < 1.29 is 4.79 Å². The minimum atomic E-state index is 0.0142. The average molecular weight is 196 g/mol. The summed E-state index contributed by atoms with van der Waals surface area (Å²) in [6, 6.07) is 0.668. The molecule has 0 radical (unpaired) electrons. The zero-order valence-corrected chi connectivity index (χ0v) is 9.29. The number of nitrogens with one attached hydrogen (secondary N) is 1. The summed E-state index contributed by atoms with van der Waals surface area (Å²) in [6.45, 7) is 5.07. The zero-order chi connectivity index (χ0) is 10.6. The van der Waals surface area contributed by atoms with Gasteiger partial charge in [-0.25, -0.2) is 0 Å². The van der Waals surface area contributed by atoms with Crippen LogP contribution in [0.15, 0.2) is 12.2 Å². The second-order valence-corrected chi connectivity index (χ2v) is 4.21. The number of hydrogen-bond donors (Lipinski definition) is 1. The molecule has 14 heavy (non-hydrogen) atoms. The maximum absolute atomic E-state index is 11.3. The van der Waals surface area contributed by atoms with Gasteiger partial charge >= 0.3 is 0 Å². The Morgan fingerprint density at radius 1 is 1.57 bits per heavy atom. The van der Waals surface area contributed by atoms with Crippen LogP contribution in [0.3, 0.4) is 0 Å². The highest BCUT2D eigenvalue weighted by Crippen LogP contribution is 2.15. The van der Waals surface area contributed by atoms with E-state index in [9.17, 15) is 4.79 Å². The molecule has 1 aliphatic heterocycles. The van der Waals surface area contributed by atoms with Gasteiger partial charge in [0.15, 0.2) is 0 Å². The summed E-state index contributed by atoms with van der Waals surface area (Å²) in [5, 5.41) is 2.84. The van der Waals surface area contributed by atoms with Gasteiger partial charge in [0.1, 0.15) is 0 Å². The highest BCUT2D eigenvalue weighted by atomic mass is 16.1. The molecule has 0 aromatic rings. The Morgan fingerprint density at radius 3 is 2.79 bits per heavy atom. The van der Waals surface area contributed by atoms with E-state index >= 15 is 0 Å². The van der Waals surface area contributed by atoms with Gasteiger partial charge in [-0.3, -0.25) is 9.69 Å². The Kier molecular flexibility index (Phi) is 4.14. The van der Waals surface area contributed by atoms with Gasteiger partial charge in [-0.1, -0.05) is 6.08 Å². The number of hydrogen-bond acceptors (Lipinski definition) is 2. The lowest BCUT2D eigenvalue weighted by Crippen LogP contribution is -2.29. The van der Waals surface area contributed by atoms with Crippen molar-refractivity contribution in [2.24, 2.45) is 0 Å². The Hall–Kier alpha value is -0.830. The first-order valence-electron chi connectivity index (χ1n) is 5.28. The van der Waals surface area contributed by atoms with E-state index in [1.54, 1.807) is 6.08 Å². The average Bonchev–Trinajstić information content (AvgIpc) is 2.46. The fourth-order valence-corrected chi connectivity index (χ4v) is 1.71. The minimum Gasteiger partial charge on any atom is -0.350 e. The molecule has 0 aliphatic carbocycles. The zero-order valence-electron chi connectivity index (χ0n) is 9.29. The van der Waals surface area contributed by atoms with Crippen LogP contribution in [0.4, 0.5) is 0 Å². The lowest BCUT2D eigenvalue weighted by atomic mass is 10.2. The maximum atomic E-state index is 11.3. The topological polar surface area (TPSA) is 32.3 Å². The van der Waals surface area contributed by atoms with E-state index < -0.39 is 0 Å². The SMILES string of the molecule is CC(C)NC(=O)/C=C/C1CCCN1C. The molecule has 1 unspecified atom stereocenters. The summed E-state index contributed by atoms with van der Waals surface area (Å²) in [5.41, 5.74) is 0. The summed E-state index contributed by atoms with van der Waals surface area (Å²) < 4.78 is 0. The van der Waals surface area contributed by atoms with Crippen molar-refractivity contribution in [3.63, 3.8) is 0 Å². The third-order valence-corrected chi connectivity index (χ3v) is 2.48. The third kappa shape index (κ3) is 3.50. The molecular formula is C11H20N2O. The minimum absolute atomic E-state index is 0.0142. The molecular weight excluding hydrogens is 176 g/mol. The van der Waals surface area contributed by atoms with Crippen molar-refractivity contribution in [1.82, 2.24) is 10.2 Å². The summed E-state index contributed by atoms with van der Waals surface area (Å²) in [7, 11) is 2.10. The molecule has 3 heteroatoms. The quantitative estimate of drug-likeness (QED) is 0.687.